The van der Waals surface area contributed by atoms with Crippen molar-refractivity contribution in [1.29, 1.82) is 0 Å². The minimum atomic E-state index is -1.10. The number of nitrogens with two attached hydrogens (primary N) is 1. The molecule has 0 aliphatic heterocycles. The van der Waals surface area contributed by atoms with Crippen molar-refractivity contribution in [2.75, 3.05) is 6.54 Å². The molecule has 7 heteroatoms. The van der Waals surface area contributed by atoms with Crippen molar-refractivity contribution in [3.05, 3.63) is 0 Å². The highest BCUT2D eigenvalue weighted by atomic mass is 16.4. The summed E-state index contributed by atoms with van der Waals surface area (Å²) in [6, 6.07) is -1.62. The smallest absolute Gasteiger partial charge is 0.326 e. The van der Waals surface area contributed by atoms with E-state index in [1.54, 1.807) is 20.8 Å². The Kier molecular flexibility index (Phi) is 6.96. The number of aliphatic carboxylic acids is 1. The number of carbonyl (C=O) groups is 3. The summed E-state index contributed by atoms with van der Waals surface area (Å²) in [6.45, 7) is 4.96. The van der Waals surface area contributed by atoms with Gasteiger partial charge in [0.05, 0.1) is 12.6 Å². The van der Waals surface area contributed by atoms with Gasteiger partial charge < -0.3 is 21.5 Å². The molecule has 0 radical (unpaired) electrons. The number of rotatable bonds is 7. The molecule has 0 saturated heterocycles. The maximum absolute atomic E-state index is 11.4. The zero-order valence-corrected chi connectivity index (χ0v) is 10.9. The van der Waals surface area contributed by atoms with Crippen LogP contribution in [0.3, 0.4) is 0 Å². The summed E-state index contributed by atoms with van der Waals surface area (Å²) in [4.78, 5) is 33.5. The number of amides is 2. The van der Waals surface area contributed by atoms with Gasteiger partial charge in [-0.25, -0.2) is 4.79 Å². The second kappa shape index (κ2) is 7.65. The molecule has 0 bridgehead atoms. The van der Waals surface area contributed by atoms with E-state index in [1.165, 1.54) is 0 Å². The predicted octanol–water partition coefficient (Wildman–Crippen LogP) is -0.935. The zero-order chi connectivity index (χ0) is 14.3. The van der Waals surface area contributed by atoms with Gasteiger partial charge >= 0.3 is 5.97 Å². The number of carbonyl (C=O) groups excluding carboxylic acids is 2. The Balaban J connectivity index is 4.11. The van der Waals surface area contributed by atoms with Crippen molar-refractivity contribution in [1.82, 2.24) is 10.6 Å². The van der Waals surface area contributed by atoms with Gasteiger partial charge in [0.25, 0.3) is 0 Å². The molecule has 0 aromatic rings. The van der Waals surface area contributed by atoms with Crippen LogP contribution in [0.15, 0.2) is 0 Å². The molecule has 18 heavy (non-hydrogen) atoms. The maximum Gasteiger partial charge on any atom is 0.326 e. The molecule has 0 heterocycles. The second-order valence-corrected chi connectivity index (χ2v) is 4.35. The Morgan fingerprint density at radius 1 is 1.28 bits per heavy atom. The van der Waals surface area contributed by atoms with Crippen LogP contribution in [0.4, 0.5) is 0 Å². The topological polar surface area (TPSA) is 122 Å². The van der Waals surface area contributed by atoms with Crippen molar-refractivity contribution in [2.45, 2.75) is 39.3 Å². The minimum Gasteiger partial charge on any atom is -0.480 e. The summed E-state index contributed by atoms with van der Waals surface area (Å²) < 4.78 is 0. The first-order valence-electron chi connectivity index (χ1n) is 5.85. The molecule has 0 aromatic carbocycles. The molecule has 7 nitrogen and oxygen atoms in total. The third-order valence-corrected chi connectivity index (χ3v) is 2.49. The van der Waals surface area contributed by atoms with Crippen molar-refractivity contribution in [2.24, 2.45) is 11.7 Å². The van der Waals surface area contributed by atoms with Gasteiger partial charge in [-0.2, -0.15) is 0 Å². The van der Waals surface area contributed by atoms with Crippen LogP contribution in [0.1, 0.15) is 27.2 Å². The summed E-state index contributed by atoms with van der Waals surface area (Å²) in [6.07, 6.45) is 0.278. The van der Waals surface area contributed by atoms with E-state index in [0.29, 0.717) is 0 Å². The lowest BCUT2D eigenvalue weighted by Crippen LogP contribution is -2.49. The molecule has 0 aliphatic carbocycles. The first-order valence-corrected chi connectivity index (χ1v) is 5.85. The summed E-state index contributed by atoms with van der Waals surface area (Å²) in [5, 5.41) is 13.4. The lowest BCUT2D eigenvalue weighted by molar-refractivity contribution is -0.141. The van der Waals surface area contributed by atoms with Crippen LogP contribution in [0.5, 0.6) is 0 Å². The lowest BCUT2D eigenvalue weighted by Gasteiger charge is -2.16. The fraction of sp³-hybridized carbons (Fsp3) is 0.727. The summed E-state index contributed by atoms with van der Waals surface area (Å²) >= 11 is 0. The average molecular weight is 259 g/mol. The minimum absolute atomic E-state index is 0.0320. The Labute approximate surface area is 106 Å². The standard InChI is InChI=1S/C11H21N3O4/c1-4-7(11(17)18)14-8(15)5-13-10(16)9(12)6(2)3/h6-7,9H,4-5,12H2,1-3H3,(H,13,16)(H,14,15)(H,17,18)/t7-,9+/m1/s1. The number of hydrogen-bond acceptors (Lipinski definition) is 4. The third-order valence-electron chi connectivity index (χ3n) is 2.49. The van der Waals surface area contributed by atoms with Gasteiger partial charge in [0.1, 0.15) is 6.04 Å². The van der Waals surface area contributed by atoms with Crippen molar-refractivity contribution in [3.63, 3.8) is 0 Å². The van der Waals surface area contributed by atoms with Gasteiger partial charge in [0.2, 0.25) is 11.8 Å². The van der Waals surface area contributed by atoms with E-state index < -0.39 is 29.9 Å². The Morgan fingerprint density at radius 3 is 2.22 bits per heavy atom. The van der Waals surface area contributed by atoms with Crippen LogP contribution < -0.4 is 16.4 Å². The Morgan fingerprint density at radius 2 is 1.83 bits per heavy atom. The van der Waals surface area contributed by atoms with Crippen LogP contribution in [-0.4, -0.2) is 41.5 Å². The van der Waals surface area contributed by atoms with Crippen molar-refractivity contribution in [3.8, 4) is 0 Å². The SMILES string of the molecule is CC[C@@H](NC(=O)CNC(=O)[C@@H](N)C(C)C)C(=O)O. The normalized spacial score (nSPS) is 13.8. The van der Waals surface area contributed by atoms with E-state index in [-0.39, 0.29) is 18.9 Å². The van der Waals surface area contributed by atoms with Crippen molar-refractivity contribution >= 4 is 17.8 Å². The molecule has 5 N–H and O–H groups in total. The fourth-order valence-electron chi connectivity index (χ4n) is 1.17. The molecule has 0 spiro atoms. The average Bonchev–Trinajstić information content (AvgIpc) is 2.31. The van der Waals surface area contributed by atoms with E-state index in [9.17, 15) is 14.4 Å². The van der Waals surface area contributed by atoms with Crippen LogP contribution in [0.2, 0.25) is 0 Å². The van der Waals surface area contributed by atoms with Gasteiger partial charge in [-0.05, 0) is 12.3 Å². The quantitative estimate of drug-likeness (QED) is 0.470. The number of hydrogen-bond donors (Lipinski definition) is 4. The molecule has 0 aromatic heterocycles. The fourth-order valence-corrected chi connectivity index (χ4v) is 1.17. The second-order valence-electron chi connectivity index (χ2n) is 4.35. The Hall–Kier alpha value is -1.63. The van der Waals surface area contributed by atoms with E-state index >= 15 is 0 Å². The molecule has 104 valence electrons. The van der Waals surface area contributed by atoms with Crippen LogP contribution in [0, 0.1) is 5.92 Å². The molecule has 0 saturated carbocycles. The highest BCUT2D eigenvalue weighted by Gasteiger charge is 2.20. The Bertz CT molecular complexity index is 317. The highest BCUT2D eigenvalue weighted by Crippen LogP contribution is 1.97. The van der Waals surface area contributed by atoms with Gasteiger partial charge in [0.15, 0.2) is 0 Å². The lowest BCUT2D eigenvalue weighted by atomic mass is 10.1. The van der Waals surface area contributed by atoms with Crippen molar-refractivity contribution < 1.29 is 19.5 Å². The van der Waals surface area contributed by atoms with E-state index in [2.05, 4.69) is 10.6 Å². The third kappa shape index (κ3) is 5.62. The van der Waals surface area contributed by atoms with E-state index in [1.807, 2.05) is 0 Å². The first kappa shape index (κ1) is 16.4. The molecule has 2 atom stereocenters. The molecule has 0 unspecified atom stereocenters. The molecular formula is C11H21N3O4. The largest absolute Gasteiger partial charge is 0.480 e. The number of nitrogens with one attached hydrogen (secondary N) is 2. The monoisotopic (exact) mass is 259 g/mol. The van der Waals surface area contributed by atoms with Gasteiger partial charge in [-0.3, -0.25) is 9.59 Å². The number of carboxylic acid groups (broad SMARTS) is 1. The summed E-state index contributed by atoms with van der Waals surface area (Å²) in [7, 11) is 0. The summed E-state index contributed by atoms with van der Waals surface area (Å²) in [5.74, 6) is -2.11. The van der Waals surface area contributed by atoms with Gasteiger partial charge in [-0.1, -0.05) is 20.8 Å². The summed E-state index contributed by atoms with van der Waals surface area (Å²) in [5.41, 5.74) is 5.58. The molecule has 0 rings (SSSR count). The van der Waals surface area contributed by atoms with Gasteiger partial charge in [-0.15, -0.1) is 0 Å². The highest BCUT2D eigenvalue weighted by molar-refractivity contribution is 5.89. The number of carboxylic acids is 1. The molecule has 2 amide bonds. The molecule has 0 aliphatic rings. The van der Waals surface area contributed by atoms with Crippen LogP contribution in [0.25, 0.3) is 0 Å². The van der Waals surface area contributed by atoms with E-state index in [4.69, 9.17) is 10.8 Å². The molecular weight excluding hydrogens is 238 g/mol. The molecule has 0 fully saturated rings. The maximum atomic E-state index is 11.4. The van der Waals surface area contributed by atoms with Gasteiger partial charge in [0, 0.05) is 0 Å². The van der Waals surface area contributed by atoms with Crippen LogP contribution >= 0.6 is 0 Å². The first-order chi connectivity index (χ1) is 8.29. The predicted molar refractivity (Wildman–Crippen MR) is 65.7 cm³/mol. The van der Waals surface area contributed by atoms with E-state index in [0.717, 1.165) is 0 Å². The zero-order valence-electron chi connectivity index (χ0n) is 10.9. The van der Waals surface area contributed by atoms with Crippen LogP contribution in [-0.2, 0) is 14.4 Å².